The smallest absolute Gasteiger partial charge is 0.277 e. The second kappa shape index (κ2) is 9.06. The first-order chi connectivity index (χ1) is 14.4. The van der Waals surface area contributed by atoms with Gasteiger partial charge in [-0.3, -0.25) is 4.79 Å². The van der Waals surface area contributed by atoms with Crippen LogP contribution >= 0.6 is 34.7 Å². The van der Waals surface area contributed by atoms with Crippen molar-refractivity contribution >= 4 is 50.6 Å². The van der Waals surface area contributed by atoms with Gasteiger partial charge in [-0.05, 0) is 35.7 Å². The Hall–Kier alpha value is -1.92. The molecule has 0 aliphatic carbocycles. The van der Waals surface area contributed by atoms with Crippen molar-refractivity contribution < 1.29 is 17.6 Å². The van der Waals surface area contributed by atoms with E-state index in [0.29, 0.717) is 33.4 Å². The van der Waals surface area contributed by atoms with Crippen molar-refractivity contribution in [3.8, 4) is 11.5 Å². The molecule has 1 aliphatic heterocycles. The van der Waals surface area contributed by atoms with Crippen LogP contribution in [0.5, 0.6) is 0 Å². The normalized spacial score (nSPS) is 15.4. The van der Waals surface area contributed by atoms with Crippen LogP contribution in [0, 0.1) is 0 Å². The molecule has 3 aromatic rings. The molecule has 0 radical (unpaired) electrons. The second-order valence-electron chi connectivity index (χ2n) is 6.39. The van der Waals surface area contributed by atoms with E-state index in [0.717, 1.165) is 17.3 Å². The summed E-state index contributed by atoms with van der Waals surface area (Å²) in [7, 11) is -3.48. The van der Waals surface area contributed by atoms with Crippen LogP contribution in [0.1, 0.15) is 0 Å². The molecule has 0 saturated carbocycles. The van der Waals surface area contributed by atoms with E-state index in [2.05, 4.69) is 10.2 Å². The Labute approximate surface area is 186 Å². The molecule has 0 N–H and O–H groups in total. The fourth-order valence-electron chi connectivity index (χ4n) is 2.91. The first-order valence-corrected chi connectivity index (χ1v) is 12.7. The molecule has 1 saturated heterocycles. The van der Waals surface area contributed by atoms with Crippen LogP contribution in [0.2, 0.25) is 5.02 Å². The molecule has 1 amide bonds. The Morgan fingerprint density at radius 2 is 1.87 bits per heavy atom. The molecule has 1 aliphatic rings. The minimum atomic E-state index is -3.48. The highest BCUT2D eigenvalue weighted by Crippen LogP contribution is 2.25. The van der Waals surface area contributed by atoms with Gasteiger partial charge in [0.05, 0.1) is 5.75 Å². The number of thioether (sulfide) groups is 1. The SMILES string of the molecule is O=C(CSc1nnc(-c2ccc(Cl)cc2)o1)N1CCN(S(=O)(=O)c2cccs2)CC1. The van der Waals surface area contributed by atoms with Crippen molar-refractivity contribution in [1.82, 2.24) is 19.4 Å². The first-order valence-electron chi connectivity index (χ1n) is 8.97. The molecule has 0 spiro atoms. The molecule has 12 heteroatoms. The lowest BCUT2D eigenvalue weighted by molar-refractivity contribution is -0.129. The average Bonchev–Trinajstić information content (AvgIpc) is 3.45. The third kappa shape index (κ3) is 4.70. The quantitative estimate of drug-likeness (QED) is 0.496. The lowest BCUT2D eigenvalue weighted by Gasteiger charge is -2.33. The molecular weight excluding hydrogens is 468 g/mol. The molecule has 1 aromatic carbocycles. The van der Waals surface area contributed by atoms with E-state index < -0.39 is 10.0 Å². The van der Waals surface area contributed by atoms with Gasteiger partial charge in [0.15, 0.2) is 0 Å². The maximum absolute atomic E-state index is 12.6. The standard InChI is InChI=1S/C18H17ClN4O4S3/c19-14-5-3-13(4-6-14)17-20-21-18(27-17)29-12-15(24)22-7-9-23(10-8-22)30(25,26)16-2-1-11-28-16/h1-6,11H,7-10,12H2. The van der Waals surface area contributed by atoms with E-state index in [9.17, 15) is 13.2 Å². The van der Waals surface area contributed by atoms with E-state index in [4.69, 9.17) is 16.0 Å². The second-order valence-corrected chi connectivity index (χ2v) is 10.9. The van der Waals surface area contributed by atoms with Gasteiger partial charge in [0.2, 0.25) is 11.8 Å². The van der Waals surface area contributed by atoms with Crippen molar-refractivity contribution in [2.45, 2.75) is 9.43 Å². The molecule has 1 fully saturated rings. The molecule has 0 bridgehead atoms. The van der Waals surface area contributed by atoms with Crippen LogP contribution in [0.25, 0.3) is 11.5 Å². The lowest BCUT2D eigenvalue weighted by atomic mass is 10.2. The number of rotatable bonds is 6. The fourth-order valence-corrected chi connectivity index (χ4v) is 6.27. The highest BCUT2D eigenvalue weighted by molar-refractivity contribution is 7.99. The van der Waals surface area contributed by atoms with Crippen LogP contribution in [-0.2, 0) is 14.8 Å². The number of hydrogen-bond donors (Lipinski definition) is 0. The molecule has 0 atom stereocenters. The maximum Gasteiger partial charge on any atom is 0.277 e. The van der Waals surface area contributed by atoms with Crippen LogP contribution in [0.15, 0.2) is 55.6 Å². The van der Waals surface area contributed by atoms with E-state index in [1.807, 2.05) is 0 Å². The number of piperazine rings is 1. The summed E-state index contributed by atoms with van der Waals surface area (Å²) in [5, 5.41) is 10.6. The van der Waals surface area contributed by atoms with Crippen molar-refractivity contribution in [2.24, 2.45) is 0 Å². The van der Waals surface area contributed by atoms with Gasteiger partial charge in [-0.15, -0.1) is 21.5 Å². The van der Waals surface area contributed by atoms with Gasteiger partial charge in [0, 0.05) is 36.8 Å². The predicted octanol–water partition coefficient (Wildman–Crippen LogP) is 3.08. The van der Waals surface area contributed by atoms with Gasteiger partial charge in [-0.2, -0.15) is 4.31 Å². The van der Waals surface area contributed by atoms with Crippen LogP contribution < -0.4 is 0 Å². The van der Waals surface area contributed by atoms with Gasteiger partial charge < -0.3 is 9.32 Å². The minimum Gasteiger partial charge on any atom is -0.411 e. The number of sulfonamides is 1. The number of carbonyl (C=O) groups excluding carboxylic acids is 1. The minimum absolute atomic E-state index is 0.0978. The Kier molecular flexibility index (Phi) is 6.44. The van der Waals surface area contributed by atoms with Gasteiger partial charge in [-0.1, -0.05) is 29.4 Å². The Bertz CT molecular complexity index is 1110. The van der Waals surface area contributed by atoms with Gasteiger partial charge in [0.25, 0.3) is 15.2 Å². The molecule has 8 nitrogen and oxygen atoms in total. The van der Waals surface area contributed by atoms with Gasteiger partial charge >= 0.3 is 0 Å². The summed E-state index contributed by atoms with van der Waals surface area (Å²) in [5.41, 5.74) is 0.744. The first kappa shape index (κ1) is 21.3. The Morgan fingerprint density at radius 3 is 2.53 bits per heavy atom. The van der Waals surface area contributed by atoms with E-state index in [1.54, 1.807) is 46.7 Å². The van der Waals surface area contributed by atoms with Gasteiger partial charge in [-0.25, -0.2) is 8.42 Å². The monoisotopic (exact) mass is 484 g/mol. The average molecular weight is 485 g/mol. The zero-order valence-electron chi connectivity index (χ0n) is 15.6. The number of carbonyl (C=O) groups is 1. The Morgan fingerprint density at radius 1 is 1.13 bits per heavy atom. The number of hydrogen-bond acceptors (Lipinski definition) is 8. The third-order valence-corrected chi connectivity index (χ3v) is 8.82. The van der Waals surface area contributed by atoms with Crippen molar-refractivity contribution in [3.05, 3.63) is 46.8 Å². The number of thiophene rings is 1. The largest absolute Gasteiger partial charge is 0.411 e. The lowest BCUT2D eigenvalue weighted by Crippen LogP contribution is -2.50. The molecule has 3 heterocycles. The molecule has 30 heavy (non-hydrogen) atoms. The highest BCUT2D eigenvalue weighted by atomic mass is 35.5. The molecule has 158 valence electrons. The zero-order chi connectivity index (χ0) is 21.1. The van der Waals surface area contributed by atoms with Gasteiger partial charge in [0.1, 0.15) is 4.21 Å². The highest BCUT2D eigenvalue weighted by Gasteiger charge is 2.30. The number of aromatic nitrogens is 2. The Balaban J connectivity index is 1.29. The van der Waals surface area contributed by atoms with Crippen LogP contribution in [0.3, 0.4) is 0 Å². The molecular formula is C18H17ClN4O4S3. The summed E-state index contributed by atoms with van der Waals surface area (Å²) in [6.07, 6.45) is 0. The summed E-state index contributed by atoms with van der Waals surface area (Å²) in [4.78, 5) is 14.2. The topological polar surface area (TPSA) is 96.6 Å². The van der Waals surface area contributed by atoms with Crippen LogP contribution in [0.4, 0.5) is 0 Å². The number of nitrogens with zero attached hydrogens (tertiary/aromatic N) is 4. The van der Waals surface area contributed by atoms with E-state index in [-0.39, 0.29) is 24.7 Å². The molecule has 4 rings (SSSR count). The summed E-state index contributed by atoms with van der Waals surface area (Å²) in [6.45, 7) is 1.25. The predicted molar refractivity (Wildman–Crippen MR) is 115 cm³/mol. The number of halogens is 1. The summed E-state index contributed by atoms with van der Waals surface area (Å²) in [5.74, 6) is 0.397. The summed E-state index contributed by atoms with van der Waals surface area (Å²) >= 11 is 8.23. The van der Waals surface area contributed by atoms with E-state index in [1.165, 1.54) is 15.6 Å². The summed E-state index contributed by atoms with van der Waals surface area (Å²) < 4.78 is 32.5. The van der Waals surface area contributed by atoms with Crippen molar-refractivity contribution in [2.75, 3.05) is 31.9 Å². The summed E-state index contributed by atoms with van der Waals surface area (Å²) in [6, 6.07) is 10.3. The molecule has 2 aromatic heterocycles. The zero-order valence-corrected chi connectivity index (χ0v) is 18.8. The number of benzene rings is 1. The maximum atomic E-state index is 12.6. The van der Waals surface area contributed by atoms with Crippen LogP contribution in [-0.4, -0.2) is 65.7 Å². The van der Waals surface area contributed by atoms with Crippen molar-refractivity contribution in [3.63, 3.8) is 0 Å². The fraction of sp³-hybridized carbons (Fsp3) is 0.278. The third-order valence-electron chi connectivity index (χ3n) is 4.50. The number of amides is 1. The molecule has 0 unspecified atom stereocenters. The van der Waals surface area contributed by atoms with Crippen molar-refractivity contribution in [1.29, 1.82) is 0 Å². The van der Waals surface area contributed by atoms with E-state index >= 15 is 0 Å².